The van der Waals surface area contributed by atoms with Crippen molar-refractivity contribution in [2.45, 2.75) is 18.4 Å². The fourth-order valence-electron chi connectivity index (χ4n) is 1.34. The van der Waals surface area contributed by atoms with Crippen LogP contribution in [0.4, 0.5) is 0 Å². The Morgan fingerprint density at radius 3 is 2.56 bits per heavy atom. The van der Waals surface area contributed by atoms with E-state index in [0.717, 1.165) is 14.4 Å². The number of aryl methyl sites for hydroxylation is 1. The summed E-state index contributed by atoms with van der Waals surface area (Å²) in [6, 6.07) is 6.50. The minimum Gasteiger partial charge on any atom is -0.248 e. The molecule has 0 spiro atoms. The molecule has 0 aliphatic heterocycles. The van der Waals surface area contributed by atoms with Crippen LogP contribution in [0.3, 0.4) is 0 Å². The van der Waals surface area contributed by atoms with Gasteiger partial charge in [-0.25, -0.2) is 18.1 Å². The highest BCUT2D eigenvalue weighted by Crippen LogP contribution is 2.16. The highest BCUT2D eigenvalue weighted by atomic mass is 79.9. The molecule has 0 saturated heterocycles. The van der Waals surface area contributed by atoms with E-state index in [4.69, 9.17) is 0 Å². The van der Waals surface area contributed by atoms with Gasteiger partial charge in [-0.15, -0.1) is 11.3 Å². The Morgan fingerprint density at radius 2 is 2.00 bits per heavy atom. The molecule has 1 aromatic carbocycles. The van der Waals surface area contributed by atoms with Gasteiger partial charge in [0.2, 0.25) is 10.0 Å². The van der Waals surface area contributed by atoms with Crippen molar-refractivity contribution < 1.29 is 8.42 Å². The molecule has 0 radical (unpaired) electrons. The fraction of sp³-hybridized carbons (Fsp3) is 0.182. The van der Waals surface area contributed by atoms with Gasteiger partial charge in [0.1, 0.15) is 5.01 Å². The molecule has 1 aromatic heterocycles. The second kappa shape index (κ2) is 5.48. The van der Waals surface area contributed by atoms with Crippen molar-refractivity contribution in [1.82, 2.24) is 9.71 Å². The third kappa shape index (κ3) is 3.38. The molecule has 0 atom stereocenters. The van der Waals surface area contributed by atoms with E-state index in [2.05, 4.69) is 25.6 Å². The normalized spacial score (nSPS) is 11.7. The van der Waals surface area contributed by atoms with Gasteiger partial charge >= 0.3 is 0 Å². The molecule has 1 heterocycles. The monoisotopic (exact) mass is 346 g/mol. The lowest BCUT2D eigenvalue weighted by molar-refractivity contribution is 0.581. The van der Waals surface area contributed by atoms with Gasteiger partial charge in [-0.3, -0.25) is 0 Å². The second-order valence-electron chi connectivity index (χ2n) is 3.64. The molecule has 0 amide bonds. The van der Waals surface area contributed by atoms with Crippen LogP contribution in [-0.2, 0) is 16.6 Å². The number of benzene rings is 1. The molecule has 18 heavy (non-hydrogen) atoms. The van der Waals surface area contributed by atoms with Crippen LogP contribution >= 0.6 is 27.3 Å². The largest absolute Gasteiger partial charge is 0.248 e. The number of sulfonamides is 1. The number of thiazole rings is 1. The Bertz CT molecular complexity index is 635. The summed E-state index contributed by atoms with van der Waals surface area (Å²) in [5.41, 5.74) is 0. The summed E-state index contributed by atoms with van der Waals surface area (Å²) in [7, 11) is -3.47. The Kier molecular flexibility index (Phi) is 4.16. The summed E-state index contributed by atoms with van der Waals surface area (Å²) in [4.78, 5) is 5.42. The van der Waals surface area contributed by atoms with E-state index < -0.39 is 10.0 Å². The minimum absolute atomic E-state index is 0.219. The molecular weight excluding hydrogens is 336 g/mol. The van der Waals surface area contributed by atoms with Crippen LogP contribution in [0.15, 0.2) is 39.8 Å². The van der Waals surface area contributed by atoms with Crippen LogP contribution in [0.5, 0.6) is 0 Å². The van der Waals surface area contributed by atoms with Gasteiger partial charge in [0.25, 0.3) is 0 Å². The van der Waals surface area contributed by atoms with Crippen LogP contribution in [0.2, 0.25) is 0 Å². The number of aromatic nitrogens is 1. The zero-order valence-electron chi connectivity index (χ0n) is 9.55. The van der Waals surface area contributed by atoms with Crippen LogP contribution in [0.1, 0.15) is 9.88 Å². The van der Waals surface area contributed by atoms with Crippen LogP contribution < -0.4 is 4.72 Å². The van der Waals surface area contributed by atoms with E-state index in [1.807, 2.05) is 6.92 Å². The number of hydrogen-bond acceptors (Lipinski definition) is 4. The van der Waals surface area contributed by atoms with Crippen LogP contribution in [0.25, 0.3) is 0 Å². The van der Waals surface area contributed by atoms with E-state index in [-0.39, 0.29) is 11.4 Å². The van der Waals surface area contributed by atoms with Crippen molar-refractivity contribution in [2.24, 2.45) is 0 Å². The van der Waals surface area contributed by atoms with Gasteiger partial charge in [-0.05, 0) is 31.2 Å². The average Bonchev–Trinajstić information content (AvgIpc) is 2.73. The molecule has 0 bridgehead atoms. The Morgan fingerprint density at radius 1 is 1.33 bits per heavy atom. The Hall–Kier alpha value is -0.760. The molecule has 2 rings (SSSR count). The maximum absolute atomic E-state index is 12.0. The first-order chi connectivity index (χ1) is 8.47. The summed E-state index contributed by atoms with van der Waals surface area (Å²) in [5.74, 6) is 0. The summed E-state index contributed by atoms with van der Waals surface area (Å²) < 4.78 is 27.3. The predicted molar refractivity (Wildman–Crippen MR) is 75.0 cm³/mol. The Balaban J connectivity index is 2.10. The van der Waals surface area contributed by atoms with Gasteiger partial charge in [-0.2, -0.15) is 0 Å². The minimum atomic E-state index is -3.47. The fourth-order valence-corrected chi connectivity index (χ4v) is 3.41. The lowest BCUT2D eigenvalue weighted by atomic mass is 10.4. The molecule has 4 nitrogen and oxygen atoms in total. The lowest BCUT2D eigenvalue weighted by Crippen LogP contribution is -2.23. The lowest BCUT2D eigenvalue weighted by Gasteiger charge is -2.05. The zero-order chi connectivity index (χ0) is 13.2. The van der Waals surface area contributed by atoms with Crippen molar-refractivity contribution in [3.8, 4) is 0 Å². The molecule has 0 unspecified atom stereocenters. The first-order valence-corrected chi connectivity index (χ1v) is 8.23. The van der Waals surface area contributed by atoms with Gasteiger partial charge in [0, 0.05) is 15.5 Å². The third-order valence-corrected chi connectivity index (χ3v) is 5.07. The maximum atomic E-state index is 12.0. The van der Waals surface area contributed by atoms with Crippen molar-refractivity contribution in [1.29, 1.82) is 0 Å². The van der Waals surface area contributed by atoms with Crippen molar-refractivity contribution in [3.05, 3.63) is 44.8 Å². The van der Waals surface area contributed by atoms with E-state index in [0.29, 0.717) is 0 Å². The van der Waals surface area contributed by atoms with Crippen molar-refractivity contribution in [3.63, 3.8) is 0 Å². The first kappa shape index (κ1) is 13.7. The molecular formula is C11H11BrN2O2S2. The number of hydrogen-bond donors (Lipinski definition) is 1. The molecule has 7 heteroatoms. The number of halogens is 1. The van der Waals surface area contributed by atoms with Gasteiger partial charge in [-0.1, -0.05) is 15.9 Å². The molecule has 0 saturated carbocycles. The SMILES string of the molecule is Cc1cnc(CNS(=O)(=O)c2ccc(Br)cc2)s1. The summed E-state index contributed by atoms with van der Waals surface area (Å²) >= 11 is 4.75. The predicted octanol–water partition coefficient (Wildman–Crippen LogP) is 2.69. The Labute approximate surface area is 118 Å². The summed E-state index contributed by atoms with van der Waals surface area (Å²) in [5, 5.41) is 0.758. The van der Waals surface area contributed by atoms with E-state index in [1.165, 1.54) is 11.3 Å². The zero-order valence-corrected chi connectivity index (χ0v) is 12.8. The number of nitrogens with one attached hydrogen (secondary N) is 1. The van der Waals surface area contributed by atoms with Gasteiger partial charge < -0.3 is 0 Å². The van der Waals surface area contributed by atoms with Crippen LogP contribution in [-0.4, -0.2) is 13.4 Å². The van der Waals surface area contributed by atoms with Gasteiger partial charge in [0.15, 0.2) is 0 Å². The molecule has 2 aromatic rings. The summed E-state index contributed by atoms with van der Waals surface area (Å²) in [6.45, 7) is 2.15. The highest BCUT2D eigenvalue weighted by Gasteiger charge is 2.14. The number of rotatable bonds is 4. The number of nitrogens with zero attached hydrogens (tertiary/aromatic N) is 1. The standard InChI is InChI=1S/C11H11BrN2O2S2/c1-8-6-13-11(17-8)7-14-18(15,16)10-4-2-9(12)3-5-10/h2-6,14H,7H2,1H3. The van der Waals surface area contributed by atoms with E-state index in [1.54, 1.807) is 30.5 Å². The van der Waals surface area contributed by atoms with Crippen molar-refractivity contribution in [2.75, 3.05) is 0 Å². The summed E-state index contributed by atoms with van der Waals surface area (Å²) in [6.07, 6.45) is 1.73. The molecule has 1 N–H and O–H groups in total. The molecule has 0 aliphatic rings. The highest BCUT2D eigenvalue weighted by molar-refractivity contribution is 9.10. The molecule has 96 valence electrons. The van der Waals surface area contributed by atoms with E-state index in [9.17, 15) is 8.42 Å². The topological polar surface area (TPSA) is 59.1 Å². The second-order valence-corrected chi connectivity index (χ2v) is 7.65. The van der Waals surface area contributed by atoms with Crippen molar-refractivity contribution >= 4 is 37.3 Å². The maximum Gasteiger partial charge on any atom is 0.240 e. The van der Waals surface area contributed by atoms with Gasteiger partial charge in [0.05, 0.1) is 11.4 Å². The first-order valence-electron chi connectivity index (χ1n) is 5.14. The smallest absolute Gasteiger partial charge is 0.240 e. The average molecular weight is 347 g/mol. The quantitative estimate of drug-likeness (QED) is 0.925. The van der Waals surface area contributed by atoms with Crippen LogP contribution in [0, 0.1) is 6.92 Å². The third-order valence-electron chi connectivity index (χ3n) is 2.21. The molecule has 0 fully saturated rings. The molecule has 0 aliphatic carbocycles. The van der Waals surface area contributed by atoms with E-state index >= 15 is 0 Å².